The minimum Gasteiger partial charge on any atom is -0.481 e. The minimum absolute atomic E-state index is 0.0808. The quantitative estimate of drug-likeness (QED) is 0.634. The molecule has 0 aromatic rings. The SMILES string of the molecule is CCCC(N)C(=O)N1CCC(C(=O)O)C(C(=O)O)C1. The lowest BCUT2D eigenvalue weighted by Gasteiger charge is -2.35. The van der Waals surface area contributed by atoms with E-state index in [1.807, 2.05) is 6.92 Å². The molecule has 0 aliphatic carbocycles. The van der Waals surface area contributed by atoms with Crippen molar-refractivity contribution in [1.29, 1.82) is 0 Å². The molecule has 108 valence electrons. The molecule has 1 aliphatic rings. The summed E-state index contributed by atoms with van der Waals surface area (Å²) in [6.45, 7) is 2.07. The predicted octanol–water partition coefficient (Wildman–Crippen LogP) is -0.252. The van der Waals surface area contributed by atoms with Crippen LogP contribution in [0.4, 0.5) is 0 Å². The fourth-order valence-electron chi connectivity index (χ4n) is 2.37. The van der Waals surface area contributed by atoms with Crippen LogP contribution < -0.4 is 5.73 Å². The monoisotopic (exact) mass is 272 g/mol. The molecule has 0 aromatic carbocycles. The number of nitrogens with zero attached hydrogens (tertiary/aromatic N) is 1. The second-order valence-corrected chi connectivity index (χ2v) is 4.86. The Bertz CT molecular complexity index is 371. The van der Waals surface area contributed by atoms with Gasteiger partial charge in [-0.2, -0.15) is 0 Å². The Morgan fingerprint density at radius 1 is 1.26 bits per heavy atom. The van der Waals surface area contributed by atoms with Gasteiger partial charge in [0.15, 0.2) is 0 Å². The molecule has 4 N–H and O–H groups in total. The lowest BCUT2D eigenvalue weighted by molar-refractivity contribution is -0.159. The number of likely N-dealkylation sites (tertiary alicyclic amines) is 1. The van der Waals surface area contributed by atoms with Crippen LogP contribution in [0.15, 0.2) is 0 Å². The zero-order valence-electron chi connectivity index (χ0n) is 10.9. The number of rotatable bonds is 5. The summed E-state index contributed by atoms with van der Waals surface area (Å²) in [6, 6.07) is -0.638. The first-order chi connectivity index (χ1) is 8.88. The number of aliphatic carboxylic acids is 2. The van der Waals surface area contributed by atoms with Crippen LogP contribution in [0, 0.1) is 11.8 Å². The van der Waals surface area contributed by atoms with E-state index in [4.69, 9.17) is 15.9 Å². The molecule has 1 rings (SSSR count). The molecule has 1 fully saturated rings. The van der Waals surface area contributed by atoms with Crippen molar-refractivity contribution in [3.63, 3.8) is 0 Å². The van der Waals surface area contributed by atoms with E-state index < -0.39 is 29.8 Å². The maximum Gasteiger partial charge on any atom is 0.309 e. The molecular formula is C12H20N2O5. The molecule has 0 saturated carbocycles. The van der Waals surface area contributed by atoms with Gasteiger partial charge in [0.2, 0.25) is 5.91 Å². The molecule has 0 spiro atoms. The fraction of sp³-hybridized carbons (Fsp3) is 0.750. The Balaban J connectivity index is 2.74. The minimum atomic E-state index is -1.19. The van der Waals surface area contributed by atoms with Gasteiger partial charge in [0.1, 0.15) is 0 Å². The van der Waals surface area contributed by atoms with Crippen LogP contribution in [0.25, 0.3) is 0 Å². The highest BCUT2D eigenvalue weighted by atomic mass is 16.4. The van der Waals surface area contributed by atoms with E-state index in [1.165, 1.54) is 4.90 Å². The van der Waals surface area contributed by atoms with Gasteiger partial charge in [-0.15, -0.1) is 0 Å². The Morgan fingerprint density at radius 3 is 2.32 bits per heavy atom. The molecule has 1 saturated heterocycles. The highest BCUT2D eigenvalue weighted by Crippen LogP contribution is 2.25. The molecule has 3 unspecified atom stereocenters. The van der Waals surface area contributed by atoms with Gasteiger partial charge < -0.3 is 20.8 Å². The standard InChI is InChI=1S/C12H20N2O5/c1-2-3-9(13)10(15)14-5-4-7(11(16)17)8(6-14)12(18)19/h7-9H,2-6,13H2,1H3,(H,16,17)(H,18,19). The molecule has 19 heavy (non-hydrogen) atoms. The Hall–Kier alpha value is -1.63. The van der Waals surface area contributed by atoms with Crippen molar-refractivity contribution >= 4 is 17.8 Å². The van der Waals surface area contributed by atoms with Gasteiger partial charge >= 0.3 is 11.9 Å². The highest BCUT2D eigenvalue weighted by molar-refractivity contribution is 5.84. The molecule has 1 amide bonds. The first-order valence-corrected chi connectivity index (χ1v) is 6.38. The lowest BCUT2D eigenvalue weighted by atomic mass is 9.85. The molecule has 1 aliphatic heterocycles. The summed E-state index contributed by atoms with van der Waals surface area (Å²) in [5, 5.41) is 18.1. The van der Waals surface area contributed by atoms with E-state index in [0.29, 0.717) is 6.42 Å². The average molecular weight is 272 g/mol. The topological polar surface area (TPSA) is 121 Å². The summed E-state index contributed by atoms with van der Waals surface area (Å²) in [5.41, 5.74) is 5.72. The lowest BCUT2D eigenvalue weighted by Crippen LogP contribution is -2.52. The van der Waals surface area contributed by atoms with Crippen molar-refractivity contribution in [2.24, 2.45) is 17.6 Å². The van der Waals surface area contributed by atoms with Gasteiger partial charge in [0.25, 0.3) is 0 Å². The van der Waals surface area contributed by atoms with Gasteiger partial charge in [-0.1, -0.05) is 13.3 Å². The van der Waals surface area contributed by atoms with Crippen molar-refractivity contribution < 1.29 is 24.6 Å². The maximum absolute atomic E-state index is 12.0. The molecule has 1 heterocycles. The first-order valence-electron chi connectivity index (χ1n) is 6.38. The molecule has 0 radical (unpaired) electrons. The molecule has 3 atom stereocenters. The van der Waals surface area contributed by atoms with E-state index in [0.717, 1.165) is 6.42 Å². The summed E-state index contributed by atoms with van der Waals surface area (Å²) in [5.74, 6) is -4.61. The van der Waals surface area contributed by atoms with Gasteiger partial charge in [0, 0.05) is 13.1 Å². The zero-order chi connectivity index (χ0) is 14.6. The summed E-state index contributed by atoms with van der Waals surface area (Å²) < 4.78 is 0. The van der Waals surface area contributed by atoms with E-state index in [-0.39, 0.29) is 25.4 Å². The molecule has 0 bridgehead atoms. The van der Waals surface area contributed by atoms with Crippen LogP contribution in [-0.2, 0) is 14.4 Å². The number of carboxylic acid groups (broad SMARTS) is 2. The van der Waals surface area contributed by atoms with E-state index in [1.54, 1.807) is 0 Å². The Morgan fingerprint density at radius 2 is 1.84 bits per heavy atom. The molecule has 7 nitrogen and oxygen atoms in total. The number of carbonyl (C=O) groups excluding carboxylic acids is 1. The second kappa shape index (κ2) is 6.51. The summed E-state index contributed by atoms with van der Waals surface area (Å²) >= 11 is 0. The van der Waals surface area contributed by atoms with Crippen LogP contribution >= 0.6 is 0 Å². The van der Waals surface area contributed by atoms with Crippen LogP contribution in [-0.4, -0.2) is 52.1 Å². The van der Waals surface area contributed by atoms with Crippen LogP contribution in [0.1, 0.15) is 26.2 Å². The number of carbonyl (C=O) groups is 3. The smallest absolute Gasteiger partial charge is 0.309 e. The van der Waals surface area contributed by atoms with Crippen LogP contribution in [0.2, 0.25) is 0 Å². The highest BCUT2D eigenvalue weighted by Gasteiger charge is 2.40. The van der Waals surface area contributed by atoms with Crippen LogP contribution in [0.5, 0.6) is 0 Å². The molecular weight excluding hydrogens is 252 g/mol. The Labute approximate surface area is 111 Å². The number of amides is 1. The molecule has 0 aromatic heterocycles. The van der Waals surface area contributed by atoms with Crippen molar-refractivity contribution in [2.75, 3.05) is 13.1 Å². The van der Waals surface area contributed by atoms with E-state index in [2.05, 4.69) is 0 Å². The summed E-state index contributed by atoms with van der Waals surface area (Å²) in [7, 11) is 0. The van der Waals surface area contributed by atoms with Gasteiger partial charge in [-0.05, 0) is 12.8 Å². The third-order valence-corrected chi connectivity index (χ3v) is 3.48. The van der Waals surface area contributed by atoms with E-state index >= 15 is 0 Å². The van der Waals surface area contributed by atoms with Gasteiger partial charge in [-0.25, -0.2) is 0 Å². The zero-order valence-corrected chi connectivity index (χ0v) is 10.9. The Kier molecular flexibility index (Phi) is 5.29. The van der Waals surface area contributed by atoms with Crippen molar-refractivity contribution in [2.45, 2.75) is 32.2 Å². The fourth-order valence-corrected chi connectivity index (χ4v) is 2.37. The number of hydrogen-bond acceptors (Lipinski definition) is 4. The average Bonchev–Trinajstić information content (AvgIpc) is 2.37. The van der Waals surface area contributed by atoms with Crippen LogP contribution in [0.3, 0.4) is 0 Å². The summed E-state index contributed by atoms with van der Waals surface area (Å²) in [6.07, 6.45) is 1.45. The largest absolute Gasteiger partial charge is 0.481 e. The normalized spacial score (nSPS) is 24.8. The molecule has 7 heteroatoms. The first kappa shape index (κ1) is 15.4. The third kappa shape index (κ3) is 3.66. The van der Waals surface area contributed by atoms with E-state index in [9.17, 15) is 14.4 Å². The third-order valence-electron chi connectivity index (χ3n) is 3.48. The maximum atomic E-state index is 12.0. The van der Waals surface area contributed by atoms with Crippen molar-refractivity contribution in [3.05, 3.63) is 0 Å². The van der Waals surface area contributed by atoms with Crippen molar-refractivity contribution in [1.82, 2.24) is 4.90 Å². The van der Waals surface area contributed by atoms with Gasteiger partial charge in [0.05, 0.1) is 17.9 Å². The second-order valence-electron chi connectivity index (χ2n) is 4.86. The van der Waals surface area contributed by atoms with Crippen molar-refractivity contribution in [3.8, 4) is 0 Å². The van der Waals surface area contributed by atoms with Gasteiger partial charge in [-0.3, -0.25) is 14.4 Å². The number of piperidine rings is 1. The predicted molar refractivity (Wildman–Crippen MR) is 66.3 cm³/mol. The number of hydrogen-bond donors (Lipinski definition) is 3. The summed E-state index contributed by atoms with van der Waals surface area (Å²) in [4.78, 5) is 35.5. The number of carboxylic acids is 2. The number of nitrogens with two attached hydrogens (primary N) is 1.